The van der Waals surface area contributed by atoms with Crippen molar-refractivity contribution in [2.75, 3.05) is 5.32 Å². The second-order valence-corrected chi connectivity index (χ2v) is 7.36. The van der Waals surface area contributed by atoms with Gasteiger partial charge in [-0.15, -0.1) is 0 Å². The number of carbonyl (C=O) groups excluding carboxylic acids is 1. The van der Waals surface area contributed by atoms with Gasteiger partial charge in [0, 0.05) is 44.0 Å². The average molecular weight is 378 g/mol. The van der Waals surface area contributed by atoms with Crippen LogP contribution in [0, 0.1) is 0 Å². The van der Waals surface area contributed by atoms with E-state index in [9.17, 15) is 4.79 Å². The molecule has 7 nitrogen and oxygen atoms in total. The van der Waals surface area contributed by atoms with Gasteiger partial charge in [0.1, 0.15) is 5.82 Å². The standard InChI is InChI=1S/C21H26N6O/c28-19(24-14-15-8-11-22-12-9-15)7-6-17-20-18(27-26-17)10-13-23-21(20)25-16-4-2-1-3-5-16/h8-13,16H,1-7,14H2,(H,23,25)(H,24,28)(H,26,27). The van der Waals surface area contributed by atoms with Crippen molar-refractivity contribution in [2.24, 2.45) is 0 Å². The molecule has 0 spiro atoms. The molecule has 1 aliphatic rings. The number of carbonyl (C=O) groups is 1. The Morgan fingerprint density at radius 1 is 1.11 bits per heavy atom. The minimum Gasteiger partial charge on any atom is -0.367 e. The number of hydrogen-bond acceptors (Lipinski definition) is 5. The van der Waals surface area contributed by atoms with E-state index >= 15 is 0 Å². The number of nitrogens with one attached hydrogen (secondary N) is 3. The van der Waals surface area contributed by atoms with E-state index < -0.39 is 0 Å². The fourth-order valence-electron chi connectivity index (χ4n) is 3.78. The smallest absolute Gasteiger partial charge is 0.220 e. The van der Waals surface area contributed by atoms with Crippen molar-refractivity contribution in [3.8, 4) is 0 Å². The molecular formula is C21H26N6O. The molecule has 0 aliphatic heterocycles. The lowest BCUT2D eigenvalue weighted by atomic mass is 9.95. The average Bonchev–Trinajstić information content (AvgIpc) is 3.16. The van der Waals surface area contributed by atoms with Gasteiger partial charge in [-0.05, 0) is 36.6 Å². The van der Waals surface area contributed by atoms with Gasteiger partial charge in [0.2, 0.25) is 5.91 Å². The molecule has 0 radical (unpaired) electrons. The third kappa shape index (κ3) is 4.47. The summed E-state index contributed by atoms with van der Waals surface area (Å²) in [6.45, 7) is 0.513. The summed E-state index contributed by atoms with van der Waals surface area (Å²) in [5.74, 6) is 0.893. The Labute approximate surface area is 164 Å². The second-order valence-electron chi connectivity index (χ2n) is 7.36. The summed E-state index contributed by atoms with van der Waals surface area (Å²) in [6.07, 6.45) is 12.4. The van der Waals surface area contributed by atoms with Crippen LogP contribution in [0.15, 0.2) is 36.8 Å². The molecular weight excluding hydrogens is 352 g/mol. The summed E-state index contributed by atoms with van der Waals surface area (Å²) >= 11 is 0. The van der Waals surface area contributed by atoms with Crippen molar-refractivity contribution >= 4 is 22.6 Å². The van der Waals surface area contributed by atoms with Gasteiger partial charge in [-0.3, -0.25) is 14.9 Å². The van der Waals surface area contributed by atoms with Crippen molar-refractivity contribution < 1.29 is 4.79 Å². The molecule has 3 aromatic rings. The fraction of sp³-hybridized carbons (Fsp3) is 0.429. The first-order valence-corrected chi connectivity index (χ1v) is 10.0. The molecule has 4 rings (SSSR count). The second kappa shape index (κ2) is 8.82. The van der Waals surface area contributed by atoms with E-state index in [4.69, 9.17) is 0 Å². The number of aromatic amines is 1. The van der Waals surface area contributed by atoms with E-state index in [0.29, 0.717) is 25.4 Å². The summed E-state index contributed by atoms with van der Waals surface area (Å²) in [4.78, 5) is 20.8. The maximum Gasteiger partial charge on any atom is 0.220 e. The minimum absolute atomic E-state index is 0.0126. The van der Waals surface area contributed by atoms with Crippen molar-refractivity contribution in [1.82, 2.24) is 25.5 Å². The van der Waals surface area contributed by atoms with Gasteiger partial charge >= 0.3 is 0 Å². The first-order valence-electron chi connectivity index (χ1n) is 10.0. The van der Waals surface area contributed by atoms with Gasteiger partial charge in [-0.25, -0.2) is 4.98 Å². The van der Waals surface area contributed by atoms with Crippen LogP contribution in [-0.4, -0.2) is 32.1 Å². The fourth-order valence-corrected chi connectivity index (χ4v) is 3.78. The van der Waals surface area contributed by atoms with E-state index in [1.807, 2.05) is 18.2 Å². The molecule has 0 bridgehead atoms. The molecule has 7 heteroatoms. The zero-order chi connectivity index (χ0) is 19.2. The number of amides is 1. The van der Waals surface area contributed by atoms with E-state index in [-0.39, 0.29) is 5.91 Å². The predicted molar refractivity (Wildman–Crippen MR) is 109 cm³/mol. The van der Waals surface area contributed by atoms with Crippen LogP contribution in [0.25, 0.3) is 10.9 Å². The van der Waals surface area contributed by atoms with Crippen LogP contribution in [0.4, 0.5) is 5.82 Å². The van der Waals surface area contributed by atoms with Gasteiger partial charge < -0.3 is 10.6 Å². The van der Waals surface area contributed by atoms with Crippen molar-refractivity contribution in [1.29, 1.82) is 0 Å². The first-order chi connectivity index (χ1) is 13.8. The molecule has 1 amide bonds. The number of rotatable bonds is 7. The SMILES string of the molecule is O=C(CCc1n[nH]c2ccnc(NC3CCCCC3)c12)NCc1ccncc1. The lowest BCUT2D eigenvalue weighted by Crippen LogP contribution is -2.23. The normalized spacial score (nSPS) is 14.9. The van der Waals surface area contributed by atoms with Gasteiger partial charge in [-0.1, -0.05) is 19.3 Å². The van der Waals surface area contributed by atoms with Crippen LogP contribution < -0.4 is 10.6 Å². The van der Waals surface area contributed by atoms with E-state index in [0.717, 1.165) is 28.0 Å². The molecule has 1 aliphatic carbocycles. The van der Waals surface area contributed by atoms with Crippen LogP contribution in [0.1, 0.15) is 49.8 Å². The molecule has 0 unspecified atom stereocenters. The maximum atomic E-state index is 12.3. The van der Waals surface area contributed by atoms with Crippen LogP contribution in [0.5, 0.6) is 0 Å². The summed E-state index contributed by atoms with van der Waals surface area (Å²) in [5.41, 5.74) is 2.89. The van der Waals surface area contributed by atoms with E-state index in [1.54, 1.807) is 18.6 Å². The van der Waals surface area contributed by atoms with E-state index in [2.05, 4.69) is 30.8 Å². The highest BCUT2D eigenvalue weighted by Gasteiger charge is 2.18. The maximum absolute atomic E-state index is 12.3. The molecule has 3 heterocycles. The Morgan fingerprint density at radius 3 is 2.75 bits per heavy atom. The van der Waals surface area contributed by atoms with Crippen LogP contribution >= 0.6 is 0 Å². The molecule has 0 saturated heterocycles. The minimum atomic E-state index is 0.0126. The highest BCUT2D eigenvalue weighted by molar-refractivity contribution is 5.92. The van der Waals surface area contributed by atoms with Crippen LogP contribution in [-0.2, 0) is 17.8 Å². The number of nitrogens with zero attached hydrogens (tertiary/aromatic N) is 3. The lowest BCUT2D eigenvalue weighted by molar-refractivity contribution is -0.121. The third-order valence-electron chi connectivity index (χ3n) is 5.32. The molecule has 3 aromatic heterocycles. The summed E-state index contributed by atoms with van der Waals surface area (Å²) in [6, 6.07) is 6.20. The van der Waals surface area contributed by atoms with Crippen molar-refractivity contribution in [2.45, 2.75) is 57.5 Å². The molecule has 28 heavy (non-hydrogen) atoms. The van der Waals surface area contributed by atoms with Gasteiger partial charge in [0.15, 0.2) is 0 Å². The largest absolute Gasteiger partial charge is 0.367 e. The molecule has 1 saturated carbocycles. The lowest BCUT2D eigenvalue weighted by Gasteiger charge is -2.23. The summed E-state index contributed by atoms with van der Waals surface area (Å²) < 4.78 is 0. The molecule has 3 N–H and O–H groups in total. The van der Waals surface area contributed by atoms with E-state index in [1.165, 1.54) is 32.1 Å². The van der Waals surface area contributed by atoms with Gasteiger partial charge in [0.05, 0.1) is 16.6 Å². The highest BCUT2D eigenvalue weighted by atomic mass is 16.1. The molecule has 0 aromatic carbocycles. The summed E-state index contributed by atoms with van der Waals surface area (Å²) in [5, 5.41) is 15.1. The summed E-state index contributed by atoms with van der Waals surface area (Å²) in [7, 11) is 0. The molecule has 146 valence electrons. The quantitative estimate of drug-likeness (QED) is 0.586. The number of aryl methyl sites for hydroxylation is 1. The first kappa shape index (κ1) is 18.4. The Bertz CT molecular complexity index is 917. The molecule has 0 atom stereocenters. The third-order valence-corrected chi connectivity index (χ3v) is 5.32. The van der Waals surface area contributed by atoms with Crippen LogP contribution in [0.3, 0.4) is 0 Å². The zero-order valence-corrected chi connectivity index (χ0v) is 15.9. The monoisotopic (exact) mass is 378 g/mol. The molecule has 1 fully saturated rings. The number of fused-ring (bicyclic) bond motifs is 1. The Balaban J connectivity index is 1.40. The Kier molecular flexibility index (Phi) is 5.80. The van der Waals surface area contributed by atoms with Crippen LogP contribution in [0.2, 0.25) is 0 Å². The number of hydrogen-bond donors (Lipinski definition) is 3. The number of H-pyrrole nitrogens is 1. The zero-order valence-electron chi connectivity index (χ0n) is 15.9. The van der Waals surface area contributed by atoms with Gasteiger partial charge in [-0.2, -0.15) is 5.10 Å². The predicted octanol–water partition coefficient (Wildman–Crippen LogP) is 3.35. The topological polar surface area (TPSA) is 95.6 Å². The van der Waals surface area contributed by atoms with Crippen molar-refractivity contribution in [3.63, 3.8) is 0 Å². The number of aromatic nitrogens is 4. The van der Waals surface area contributed by atoms with Crippen molar-refractivity contribution in [3.05, 3.63) is 48.0 Å². The Morgan fingerprint density at radius 2 is 1.93 bits per heavy atom. The number of pyridine rings is 2. The van der Waals surface area contributed by atoms with Gasteiger partial charge in [0.25, 0.3) is 0 Å². The number of anilines is 1. The highest BCUT2D eigenvalue weighted by Crippen LogP contribution is 2.27. The Hall–Kier alpha value is -2.96.